The van der Waals surface area contributed by atoms with Crippen molar-refractivity contribution in [3.05, 3.63) is 18.2 Å². The molecule has 17 heavy (non-hydrogen) atoms. The van der Waals surface area contributed by atoms with Crippen LogP contribution >= 0.6 is 0 Å². The highest BCUT2D eigenvalue weighted by molar-refractivity contribution is 7.91. The van der Waals surface area contributed by atoms with Crippen LogP contribution in [0.5, 0.6) is 5.75 Å². The molecular formula is C11H12N2O3S. The molecule has 1 aliphatic rings. The van der Waals surface area contributed by atoms with Crippen LogP contribution in [0.3, 0.4) is 0 Å². The fourth-order valence-corrected chi connectivity index (χ4v) is 3.55. The van der Waals surface area contributed by atoms with Crippen molar-refractivity contribution < 1.29 is 13.2 Å². The third-order valence-electron chi connectivity index (χ3n) is 2.87. The number of hydrogen-bond acceptors (Lipinski definition) is 5. The lowest BCUT2D eigenvalue weighted by Crippen LogP contribution is -2.41. The summed E-state index contributed by atoms with van der Waals surface area (Å²) < 4.78 is 29.0. The van der Waals surface area contributed by atoms with Crippen LogP contribution in [-0.2, 0) is 9.84 Å². The van der Waals surface area contributed by atoms with Gasteiger partial charge >= 0.3 is 0 Å². The minimum Gasteiger partial charge on any atom is -0.497 e. The summed E-state index contributed by atoms with van der Waals surface area (Å²) in [5, 5.41) is 8.96. The van der Waals surface area contributed by atoms with Gasteiger partial charge in [-0.05, 0) is 12.1 Å². The van der Waals surface area contributed by atoms with Crippen LogP contribution in [0.2, 0.25) is 0 Å². The molecule has 2 rings (SSSR count). The van der Waals surface area contributed by atoms with E-state index in [9.17, 15) is 8.42 Å². The first-order valence-electron chi connectivity index (χ1n) is 5.03. The zero-order valence-corrected chi connectivity index (χ0v) is 10.4. The van der Waals surface area contributed by atoms with Crippen LogP contribution in [0.25, 0.3) is 0 Å². The van der Waals surface area contributed by atoms with Gasteiger partial charge < -0.3 is 9.64 Å². The number of methoxy groups -OCH3 is 1. The molecule has 0 bridgehead atoms. The summed E-state index contributed by atoms with van der Waals surface area (Å²) in [5.74, 6) is 0.406. The molecule has 1 atom stereocenters. The highest BCUT2D eigenvalue weighted by atomic mass is 32.2. The Balaban J connectivity index is 2.65. The lowest BCUT2D eigenvalue weighted by molar-refractivity contribution is 0.414. The molecule has 1 aliphatic heterocycles. The highest BCUT2D eigenvalue weighted by Crippen LogP contribution is 2.34. The van der Waals surface area contributed by atoms with Crippen molar-refractivity contribution in [1.82, 2.24) is 0 Å². The first-order valence-corrected chi connectivity index (χ1v) is 6.68. The molecule has 1 unspecified atom stereocenters. The zero-order valence-electron chi connectivity index (χ0n) is 9.54. The maximum atomic E-state index is 12.0. The fourth-order valence-electron chi connectivity index (χ4n) is 1.86. The molecule has 0 radical (unpaired) electrons. The van der Waals surface area contributed by atoms with Crippen LogP contribution < -0.4 is 9.64 Å². The molecule has 0 spiro atoms. The third kappa shape index (κ3) is 1.83. The van der Waals surface area contributed by atoms with Crippen molar-refractivity contribution in [2.45, 2.75) is 10.9 Å². The summed E-state index contributed by atoms with van der Waals surface area (Å²) in [6.07, 6.45) is 0. The van der Waals surface area contributed by atoms with Gasteiger partial charge in [0.1, 0.15) is 11.8 Å². The second kappa shape index (κ2) is 3.93. The van der Waals surface area contributed by atoms with E-state index in [0.29, 0.717) is 11.4 Å². The van der Waals surface area contributed by atoms with Crippen molar-refractivity contribution in [2.24, 2.45) is 0 Å². The number of nitriles is 1. The largest absolute Gasteiger partial charge is 0.497 e. The lowest BCUT2D eigenvalue weighted by atomic mass is 10.2. The number of sulfone groups is 1. The number of rotatable bonds is 1. The highest BCUT2D eigenvalue weighted by Gasteiger charge is 2.34. The van der Waals surface area contributed by atoms with Gasteiger partial charge in [0.05, 0.1) is 29.5 Å². The molecule has 0 saturated carbocycles. The molecule has 1 heterocycles. The van der Waals surface area contributed by atoms with Crippen LogP contribution in [0.15, 0.2) is 23.1 Å². The lowest BCUT2D eigenvalue weighted by Gasteiger charge is -2.31. The van der Waals surface area contributed by atoms with E-state index in [-0.39, 0.29) is 10.6 Å². The van der Waals surface area contributed by atoms with Gasteiger partial charge in [0.2, 0.25) is 0 Å². The fraction of sp³-hybridized carbons (Fsp3) is 0.364. The molecule has 6 heteroatoms. The molecule has 1 aromatic carbocycles. The number of fused-ring (bicyclic) bond motifs is 1. The van der Waals surface area contributed by atoms with Gasteiger partial charge in [-0.3, -0.25) is 0 Å². The van der Waals surface area contributed by atoms with Gasteiger partial charge in [-0.15, -0.1) is 0 Å². The van der Waals surface area contributed by atoms with Crippen LogP contribution in [0.1, 0.15) is 0 Å². The molecule has 0 N–H and O–H groups in total. The van der Waals surface area contributed by atoms with Crippen molar-refractivity contribution >= 4 is 15.5 Å². The smallest absolute Gasteiger partial charge is 0.183 e. The second-order valence-corrected chi connectivity index (χ2v) is 5.87. The zero-order chi connectivity index (χ0) is 12.6. The average Bonchev–Trinajstić information content (AvgIpc) is 2.33. The summed E-state index contributed by atoms with van der Waals surface area (Å²) >= 11 is 0. The minimum atomic E-state index is -3.38. The molecule has 1 aromatic rings. The molecule has 0 aliphatic carbocycles. The number of benzene rings is 1. The molecular weight excluding hydrogens is 240 g/mol. The first kappa shape index (κ1) is 11.7. The van der Waals surface area contributed by atoms with Crippen LogP contribution in [0, 0.1) is 11.3 Å². The Labute approximate surface area is 100 Å². The number of nitrogens with zero attached hydrogens (tertiary/aromatic N) is 2. The Bertz CT molecular complexity index is 589. The predicted octanol–water partition coefficient (Wildman–Crippen LogP) is 0.811. The van der Waals surface area contributed by atoms with Gasteiger partial charge in [-0.2, -0.15) is 5.26 Å². The topological polar surface area (TPSA) is 70.4 Å². The first-order chi connectivity index (χ1) is 7.99. The summed E-state index contributed by atoms with van der Waals surface area (Å²) in [5.41, 5.74) is 0.516. The third-order valence-corrected chi connectivity index (χ3v) is 4.64. The monoisotopic (exact) mass is 252 g/mol. The number of anilines is 1. The standard InChI is InChI=1S/C11H12N2O3S/c1-13-8(6-12)7-17(14,15)11-4-3-9(16-2)5-10(11)13/h3-5,8H,7H2,1-2H3. The van der Waals surface area contributed by atoms with E-state index >= 15 is 0 Å². The quantitative estimate of drug-likeness (QED) is 0.739. The Hall–Kier alpha value is -1.74. The van der Waals surface area contributed by atoms with Crippen molar-refractivity contribution in [3.63, 3.8) is 0 Å². The Kier molecular flexibility index (Phi) is 2.71. The van der Waals surface area contributed by atoms with E-state index in [1.54, 1.807) is 24.1 Å². The van der Waals surface area contributed by atoms with Crippen molar-refractivity contribution in [1.29, 1.82) is 5.26 Å². The summed E-state index contributed by atoms with van der Waals surface area (Å²) in [7, 11) is -0.157. The van der Waals surface area contributed by atoms with Gasteiger partial charge in [0.25, 0.3) is 0 Å². The average molecular weight is 252 g/mol. The molecule has 90 valence electrons. The minimum absolute atomic E-state index is 0.167. The van der Waals surface area contributed by atoms with E-state index in [1.807, 2.05) is 6.07 Å². The van der Waals surface area contributed by atoms with E-state index in [2.05, 4.69) is 0 Å². The number of ether oxygens (including phenoxy) is 1. The summed E-state index contributed by atoms with van der Waals surface area (Å²) in [6, 6.07) is 6.11. The Morgan fingerprint density at radius 2 is 2.24 bits per heavy atom. The van der Waals surface area contributed by atoms with Crippen molar-refractivity contribution in [2.75, 3.05) is 24.8 Å². The van der Waals surface area contributed by atoms with E-state index < -0.39 is 15.9 Å². The van der Waals surface area contributed by atoms with Gasteiger partial charge in [0.15, 0.2) is 9.84 Å². The molecule has 0 aromatic heterocycles. The van der Waals surface area contributed by atoms with Gasteiger partial charge in [-0.25, -0.2) is 8.42 Å². The Morgan fingerprint density at radius 3 is 2.82 bits per heavy atom. The summed E-state index contributed by atoms with van der Waals surface area (Å²) in [6.45, 7) is 0. The van der Waals surface area contributed by atoms with Crippen molar-refractivity contribution in [3.8, 4) is 11.8 Å². The maximum Gasteiger partial charge on any atom is 0.183 e. The van der Waals surface area contributed by atoms with Crippen LogP contribution in [-0.4, -0.2) is 34.4 Å². The van der Waals surface area contributed by atoms with E-state index in [4.69, 9.17) is 10.00 Å². The van der Waals surface area contributed by atoms with E-state index in [1.165, 1.54) is 13.2 Å². The second-order valence-electron chi connectivity index (χ2n) is 3.87. The van der Waals surface area contributed by atoms with Gasteiger partial charge in [-0.1, -0.05) is 0 Å². The SMILES string of the molecule is COc1ccc2c(c1)N(C)C(C#N)CS2(=O)=O. The predicted molar refractivity (Wildman–Crippen MR) is 62.9 cm³/mol. The van der Waals surface area contributed by atoms with Crippen LogP contribution in [0.4, 0.5) is 5.69 Å². The van der Waals surface area contributed by atoms with E-state index in [0.717, 1.165) is 0 Å². The maximum absolute atomic E-state index is 12.0. The molecule has 0 saturated heterocycles. The molecule has 5 nitrogen and oxygen atoms in total. The number of hydrogen-bond donors (Lipinski definition) is 0. The molecule has 0 amide bonds. The Morgan fingerprint density at radius 1 is 1.53 bits per heavy atom. The normalized spacial score (nSPS) is 21.5. The summed E-state index contributed by atoms with van der Waals surface area (Å²) in [4.78, 5) is 1.92. The van der Waals surface area contributed by atoms with Gasteiger partial charge in [0, 0.05) is 13.1 Å². The molecule has 0 fully saturated rings.